The van der Waals surface area contributed by atoms with Gasteiger partial charge < -0.3 is 10.2 Å². The molecular formula is C21H24F3N5O. The van der Waals surface area contributed by atoms with Gasteiger partial charge >= 0.3 is 6.18 Å². The Hall–Kier alpha value is -2.89. The first kappa shape index (κ1) is 21.8. The summed E-state index contributed by atoms with van der Waals surface area (Å²) in [6.07, 6.45) is -1.45. The predicted molar refractivity (Wildman–Crippen MR) is 107 cm³/mol. The Kier molecular flexibility index (Phi) is 5.88. The smallest absolute Gasteiger partial charge is 0.367 e. The molecule has 1 N–H and O–H groups in total. The topological polar surface area (TPSA) is 81.9 Å². The molecule has 2 heterocycles. The zero-order chi connectivity index (χ0) is 22.1. The summed E-state index contributed by atoms with van der Waals surface area (Å²) >= 11 is 0. The number of hydrogen-bond donors (Lipinski definition) is 1. The van der Waals surface area contributed by atoms with Crippen LogP contribution in [-0.4, -0.2) is 41.2 Å². The Balaban J connectivity index is 1.93. The number of carbonyl (C=O) groups is 1. The normalized spacial score (nSPS) is 20.1. The van der Waals surface area contributed by atoms with Crippen LogP contribution in [0.15, 0.2) is 24.5 Å². The molecule has 3 rings (SSSR count). The maximum absolute atomic E-state index is 13.6. The Morgan fingerprint density at radius 3 is 2.47 bits per heavy atom. The Morgan fingerprint density at radius 1 is 1.20 bits per heavy atom. The first-order chi connectivity index (χ1) is 14.0. The van der Waals surface area contributed by atoms with Crippen molar-refractivity contribution in [2.24, 2.45) is 11.3 Å². The number of halogens is 3. The summed E-state index contributed by atoms with van der Waals surface area (Å²) in [6, 6.07) is 4.52. The lowest BCUT2D eigenvalue weighted by molar-refractivity contribution is -0.178. The maximum atomic E-state index is 13.6. The molecule has 1 saturated heterocycles. The molecule has 9 heteroatoms. The molecule has 1 aliphatic rings. The van der Waals surface area contributed by atoms with Crippen molar-refractivity contribution in [3.63, 3.8) is 0 Å². The van der Waals surface area contributed by atoms with Gasteiger partial charge in [0.2, 0.25) is 5.91 Å². The number of benzene rings is 1. The fourth-order valence-corrected chi connectivity index (χ4v) is 3.79. The summed E-state index contributed by atoms with van der Waals surface area (Å²) in [5, 5.41) is 12.1. The lowest BCUT2D eigenvalue weighted by atomic mass is 9.90. The Bertz CT molecular complexity index is 977. The molecule has 1 aliphatic heterocycles. The molecule has 1 amide bonds. The van der Waals surface area contributed by atoms with Crippen LogP contribution in [0.3, 0.4) is 0 Å². The number of carbonyl (C=O) groups excluding carboxylic acids is 1. The molecule has 2 aromatic rings. The highest BCUT2D eigenvalue weighted by Gasteiger charge is 2.45. The average molecular weight is 419 g/mol. The molecule has 160 valence electrons. The molecule has 0 saturated carbocycles. The van der Waals surface area contributed by atoms with Crippen molar-refractivity contribution in [1.29, 1.82) is 5.26 Å². The largest absolute Gasteiger partial charge is 0.393 e. The molecule has 0 unspecified atom stereocenters. The van der Waals surface area contributed by atoms with Gasteiger partial charge in [-0.25, -0.2) is 0 Å². The third-order valence-electron chi connectivity index (χ3n) is 5.03. The van der Waals surface area contributed by atoms with Gasteiger partial charge in [0, 0.05) is 37.9 Å². The lowest BCUT2D eigenvalue weighted by Crippen LogP contribution is -2.54. The number of anilines is 1. The summed E-state index contributed by atoms with van der Waals surface area (Å²) < 4.78 is 40.9. The average Bonchev–Trinajstić information content (AvgIpc) is 2.64. The molecule has 0 aliphatic carbocycles. The van der Waals surface area contributed by atoms with E-state index in [2.05, 4.69) is 15.3 Å². The SMILES string of the molecule is CC(C)(C)CC(=O)N[C@H]1C[C@@H](C(F)(F)F)CN(c2ccc(C#N)c3nccnc23)C1. The van der Waals surface area contributed by atoms with Gasteiger partial charge in [-0.1, -0.05) is 20.8 Å². The highest BCUT2D eigenvalue weighted by molar-refractivity contribution is 5.92. The van der Waals surface area contributed by atoms with Crippen molar-refractivity contribution >= 4 is 22.6 Å². The number of piperidine rings is 1. The first-order valence-corrected chi connectivity index (χ1v) is 9.73. The van der Waals surface area contributed by atoms with E-state index in [1.54, 1.807) is 11.0 Å². The molecule has 0 bridgehead atoms. The van der Waals surface area contributed by atoms with E-state index in [1.165, 1.54) is 18.5 Å². The maximum Gasteiger partial charge on any atom is 0.393 e. The van der Waals surface area contributed by atoms with Gasteiger partial charge in [0.15, 0.2) is 0 Å². The molecular weight excluding hydrogens is 395 g/mol. The number of amides is 1. The highest BCUT2D eigenvalue weighted by atomic mass is 19.4. The summed E-state index contributed by atoms with van der Waals surface area (Å²) in [5.74, 6) is -1.85. The zero-order valence-electron chi connectivity index (χ0n) is 17.1. The molecule has 30 heavy (non-hydrogen) atoms. The molecule has 1 aromatic carbocycles. The predicted octanol–water partition coefficient (Wildman–Crippen LogP) is 3.81. The second-order valence-corrected chi connectivity index (χ2v) is 8.88. The summed E-state index contributed by atoms with van der Waals surface area (Å²) in [6.45, 7) is 5.69. The van der Waals surface area contributed by atoms with Crippen molar-refractivity contribution in [2.75, 3.05) is 18.0 Å². The molecule has 1 aromatic heterocycles. The highest BCUT2D eigenvalue weighted by Crippen LogP contribution is 2.37. The van der Waals surface area contributed by atoms with E-state index in [0.29, 0.717) is 22.3 Å². The summed E-state index contributed by atoms with van der Waals surface area (Å²) in [5.41, 5.74) is 1.24. The van der Waals surface area contributed by atoms with E-state index in [0.717, 1.165) is 0 Å². The van der Waals surface area contributed by atoms with Crippen molar-refractivity contribution in [3.05, 3.63) is 30.1 Å². The quantitative estimate of drug-likeness (QED) is 0.818. The Morgan fingerprint density at radius 2 is 1.87 bits per heavy atom. The fourth-order valence-electron chi connectivity index (χ4n) is 3.79. The second kappa shape index (κ2) is 8.09. The number of aromatic nitrogens is 2. The number of rotatable bonds is 3. The van der Waals surface area contributed by atoms with E-state index in [9.17, 15) is 23.2 Å². The molecule has 0 spiro atoms. The van der Waals surface area contributed by atoms with E-state index in [4.69, 9.17) is 0 Å². The number of alkyl halides is 3. The van der Waals surface area contributed by atoms with Gasteiger partial charge in [0.25, 0.3) is 0 Å². The van der Waals surface area contributed by atoms with E-state index < -0.39 is 18.1 Å². The minimum Gasteiger partial charge on any atom is -0.367 e. The molecule has 2 atom stereocenters. The number of nitrogens with zero attached hydrogens (tertiary/aromatic N) is 4. The molecule has 6 nitrogen and oxygen atoms in total. The minimum absolute atomic E-state index is 0.171. The van der Waals surface area contributed by atoms with Crippen LogP contribution in [0, 0.1) is 22.7 Å². The van der Waals surface area contributed by atoms with Crippen LogP contribution >= 0.6 is 0 Å². The van der Waals surface area contributed by atoms with E-state index >= 15 is 0 Å². The second-order valence-electron chi connectivity index (χ2n) is 8.88. The van der Waals surface area contributed by atoms with Gasteiger partial charge in [0.05, 0.1) is 17.2 Å². The van der Waals surface area contributed by atoms with Crippen LogP contribution in [-0.2, 0) is 4.79 Å². The van der Waals surface area contributed by atoms with Gasteiger partial charge in [-0.2, -0.15) is 18.4 Å². The third kappa shape index (κ3) is 4.99. The van der Waals surface area contributed by atoms with Gasteiger partial charge in [-0.15, -0.1) is 0 Å². The van der Waals surface area contributed by atoms with Gasteiger partial charge in [0.1, 0.15) is 17.1 Å². The van der Waals surface area contributed by atoms with Crippen LogP contribution in [0.4, 0.5) is 18.9 Å². The van der Waals surface area contributed by atoms with Gasteiger partial charge in [-0.3, -0.25) is 14.8 Å². The number of nitrogens with one attached hydrogen (secondary N) is 1. The molecule has 1 fully saturated rings. The molecule has 0 radical (unpaired) electrons. The van der Waals surface area contributed by atoms with Crippen molar-refractivity contribution in [3.8, 4) is 6.07 Å². The summed E-state index contributed by atoms with van der Waals surface area (Å²) in [4.78, 5) is 22.4. The van der Waals surface area contributed by atoms with Crippen molar-refractivity contribution < 1.29 is 18.0 Å². The number of hydrogen-bond acceptors (Lipinski definition) is 5. The monoisotopic (exact) mass is 419 g/mol. The van der Waals surface area contributed by atoms with Crippen molar-refractivity contribution in [1.82, 2.24) is 15.3 Å². The number of fused-ring (bicyclic) bond motifs is 1. The van der Waals surface area contributed by atoms with E-state index in [-0.39, 0.29) is 37.3 Å². The fraction of sp³-hybridized carbons (Fsp3) is 0.524. The van der Waals surface area contributed by atoms with Gasteiger partial charge in [-0.05, 0) is 24.0 Å². The van der Waals surface area contributed by atoms with Crippen LogP contribution in [0.25, 0.3) is 11.0 Å². The van der Waals surface area contributed by atoms with Crippen LogP contribution < -0.4 is 10.2 Å². The van der Waals surface area contributed by atoms with E-state index in [1.807, 2.05) is 26.8 Å². The third-order valence-corrected chi connectivity index (χ3v) is 5.03. The lowest BCUT2D eigenvalue weighted by Gasteiger charge is -2.40. The standard InChI is InChI=1S/C21H24F3N5O/c1-20(2,3)9-17(30)28-15-8-14(21(22,23)24)11-29(12-15)16-5-4-13(10-25)18-19(16)27-7-6-26-18/h4-7,14-15H,8-9,11-12H2,1-3H3,(H,28,30)/t14-,15+/m1/s1. The summed E-state index contributed by atoms with van der Waals surface area (Å²) in [7, 11) is 0. The number of nitriles is 1. The first-order valence-electron chi connectivity index (χ1n) is 9.73. The van der Waals surface area contributed by atoms with Crippen LogP contribution in [0.2, 0.25) is 0 Å². The van der Waals surface area contributed by atoms with Crippen LogP contribution in [0.5, 0.6) is 0 Å². The Labute approximate surface area is 173 Å². The minimum atomic E-state index is -4.39. The zero-order valence-corrected chi connectivity index (χ0v) is 17.1. The van der Waals surface area contributed by atoms with Crippen molar-refractivity contribution in [2.45, 2.75) is 45.8 Å². The van der Waals surface area contributed by atoms with Crippen LogP contribution in [0.1, 0.15) is 39.2 Å².